The van der Waals surface area contributed by atoms with Crippen molar-refractivity contribution in [1.29, 1.82) is 0 Å². The fraction of sp³-hybridized carbons (Fsp3) is 0.214. The molecule has 0 spiro atoms. The predicted molar refractivity (Wildman–Crippen MR) is 72.9 cm³/mol. The van der Waals surface area contributed by atoms with Gasteiger partial charge in [0.25, 0.3) is 0 Å². The van der Waals surface area contributed by atoms with E-state index < -0.39 is 11.7 Å². The predicted octanol–water partition coefficient (Wildman–Crippen LogP) is 4.41. The van der Waals surface area contributed by atoms with Crippen LogP contribution in [-0.2, 0) is 12.6 Å². The minimum absolute atomic E-state index is 0.268. The summed E-state index contributed by atoms with van der Waals surface area (Å²) in [5.74, 6) is 0. The molecular formula is C14H12ClF3N2. The van der Waals surface area contributed by atoms with Gasteiger partial charge in [0.1, 0.15) is 0 Å². The molecule has 1 heterocycles. The first-order chi connectivity index (χ1) is 9.47. The van der Waals surface area contributed by atoms with Crippen molar-refractivity contribution >= 4 is 17.3 Å². The third-order valence-corrected chi connectivity index (χ3v) is 3.08. The molecule has 1 N–H and O–H groups in total. The largest absolute Gasteiger partial charge is 0.416 e. The first-order valence-electron chi connectivity index (χ1n) is 5.96. The van der Waals surface area contributed by atoms with E-state index in [9.17, 15) is 13.2 Å². The number of pyridine rings is 1. The first kappa shape index (κ1) is 14.7. The Balaban J connectivity index is 2.02. The SMILES string of the molecule is FC(F)(F)c1ccc(Cl)c(NCCc2cccnc2)c1. The normalized spacial score (nSPS) is 11.4. The number of hydrogen-bond donors (Lipinski definition) is 1. The summed E-state index contributed by atoms with van der Waals surface area (Å²) in [6.45, 7) is 0.479. The number of anilines is 1. The average Bonchev–Trinajstić information content (AvgIpc) is 2.41. The van der Waals surface area contributed by atoms with Gasteiger partial charge in [-0.05, 0) is 36.2 Å². The maximum Gasteiger partial charge on any atom is 0.416 e. The van der Waals surface area contributed by atoms with Crippen molar-refractivity contribution in [2.45, 2.75) is 12.6 Å². The Hall–Kier alpha value is -1.75. The Morgan fingerprint density at radius 1 is 1.20 bits per heavy atom. The van der Waals surface area contributed by atoms with Crippen LogP contribution in [0.2, 0.25) is 5.02 Å². The van der Waals surface area contributed by atoms with Crippen LogP contribution in [0.15, 0.2) is 42.7 Å². The number of aromatic nitrogens is 1. The summed E-state index contributed by atoms with van der Waals surface area (Å²) in [4.78, 5) is 3.97. The lowest BCUT2D eigenvalue weighted by Gasteiger charge is -2.12. The zero-order valence-corrected chi connectivity index (χ0v) is 11.2. The van der Waals surface area contributed by atoms with Gasteiger partial charge in [0.2, 0.25) is 0 Å². The fourth-order valence-corrected chi connectivity index (χ4v) is 1.91. The van der Waals surface area contributed by atoms with Gasteiger partial charge < -0.3 is 5.32 Å². The molecule has 2 nitrogen and oxygen atoms in total. The number of alkyl halides is 3. The lowest BCUT2D eigenvalue weighted by atomic mass is 10.1. The molecule has 106 valence electrons. The van der Waals surface area contributed by atoms with E-state index in [1.54, 1.807) is 12.4 Å². The van der Waals surface area contributed by atoms with E-state index in [1.165, 1.54) is 6.07 Å². The van der Waals surface area contributed by atoms with Crippen LogP contribution in [0.5, 0.6) is 0 Å². The molecule has 20 heavy (non-hydrogen) atoms. The van der Waals surface area contributed by atoms with Crippen LogP contribution in [0.25, 0.3) is 0 Å². The molecule has 6 heteroatoms. The zero-order chi connectivity index (χ0) is 14.6. The summed E-state index contributed by atoms with van der Waals surface area (Å²) in [6.07, 6.45) is -0.333. The smallest absolute Gasteiger partial charge is 0.383 e. The number of rotatable bonds is 4. The van der Waals surface area contributed by atoms with E-state index in [0.717, 1.165) is 17.7 Å². The Kier molecular flexibility index (Phi) is 4.49. The van der Waals surface area contributed by atoms with Gasteiger partial charge in [0, 0.05) is 18.9 Å². The molecule has 0 radical (unpaired) electrons. The van der Waals surface area contributed by atoms with Gasteiger partial charge in [-0.3, -0.25) is 4.98 Å². The van der Waals surface area contributed by atoms with Crippen LogP contribution >= 0.6 is 11.6 Å². The highest BCUT2D eigenvalue weighted by atomic mass is 35.5. The molecule has 0 atom stereocenters. The van der Waals surface area contributed by atoms with Crippen LogP contribution in [-0.4, -0.2) is 11.5 Å². The average molecular weight is 301 g/mol. The summed E-state index contributed by atoms with van der Waals surface area (Å²) in [6, 6.07) is 6.95. The van der Waals surface area contributed by atoms with Crippen molar-refractivity contribution in [1.82, 2.24) is 4.98 Å². The quantitative estimate of drug-likeness (QED) is 0.905. The van der Waals surface area contributed by atoms with Crippen molar-refractivity contribution in [3.63, 3.8) is 0 Å². The fourth-order valence-electron chi connectivity index (χ4n) is 1.72. The second-order valence-corrected chi connectivity index (χ2v) is 4.64. The minimum Gasteiger partial charge on any atom is -0.383 e. The Bertz CT molecular complexity index is 570. The number of nitrogens with zero attached hydrogens (tertiary/aromatic N) is 1. The molecule has 0 fully saturated rings. The number of halogens is 4. The van der Waals surface area contributed by atoms with Gasteiger partial charge >= 0.3 is 6.18 Å². The van der Waals surface area contributed by atoms with E-state index >= 15 is 0 Å². The Morgan fingerprint density at radius 3 is 2.65 bits per heavy atom. The van der Waals surface area contributed by atoms with E-state index in [-0.39, 0.29) is 10.7 Å². The third kappa shape index (κ3) is 3.87. The van der Waals surface area contributed by atoms with Crippen LogP contribution in [0.3, 0.4) is 0 Å². The van der Waals surface area contributed by atoms with E-state index in [2.05, 4.69) is 10.3 Å². The van der Waals surface area contributed by atoms with Crippen molar-refractivity contribution < 1.29 is 13.2 Å². The van der Waals surface area contributed by atoms with Crippen LogP contribution in [0.4, 0.5) is 18.9 Å². The highest BCUT2D eigenvalue weighted by Gasteiger charge is 2.30. The van der Waals surface area contributed by atoms with Crippen LogP contribution in [0, 0.1) is 0 Å². The van der Waals surface area contributed by atoms with Gasteiger partial charge in [-0.1, -0.05) is 17.7 Å². The van der Waals surface area contributed by atoms with Crippen molar-refractivity contribution in [3.8, 4) is 0 Å². The third-order valence-electron chi connectivity index (χ3n) is 2.75. The number of nitrogens with one attached hydrogen (secondary N) is 1. The van der Waals surface area contributed by atoms with Crippen molar-refractivity contribution in [3.05, 3.63) is 58.9 Å². The Morgan fingerprint density at radius 2 is 2.00 bits per heavy atom. The van der Waals surface area contributed by atoms with E-state index in [4.69, 9.17) is 11.6 Å². The molecular weight excluding hydrogens is 289 g/mol. The molecule has 2 aromatic rings. The monoisotopic (exact) mass is 300 g/mol. The summed E-state index contributed by atoms with van der Waals surface area (Å²) in [5, 5.41) is 3.18. The van der Waals surface area contributed by atoms with Gasteiger partial charge in [-0.2, -0.15) is 13.2 Å². The van der Waals surface area contributed by atoms with E-state index in [0.29, 0.717) is 13.0 Å². The standard InChI is InChI=1S/C14H12ClF3N2/c15-12-4-3-11(14(16,17)18)8-13(12)20-7-5-10-2-1-6-19-9-10/h1-4,6,8-9,20H,5,7H2. The molecule has 0 aliphatic heterocycles. The summed E-state index contributed by atoms with van der Waals surface area (Å²) in [5.41, 5.74) is 0.569. The topological polar surface area (TPSA) is 24.9 Å². The molecule has 0 aliphatic carbocycles. The van der Waals surface area contributed by atoms with Gasteiger partial charge in [0.05, 0.1) is 16.3 Å². The van der Waals surface area contributed by atoms with Crippen molar-refractivity contribution in [2.24, 2.45) is 0 Å². The molecule has 0 saturated carbocycles. The minimum atomic E-state index is -4.37. The molecule has 0 bridgehead atoms. The lowest BCUT2D eigenvalue weighted by Crippen LogP contribution is -2.09. The number of benzene rings is 1. The lowest BCUT2D eigenvalue weighted by molar-refractivity contribution is -0.137. The maximum atomic E-state index is 12.6. The Labute approximate surface area is 119 Å². The van der Waals surface area contributed by atoms with Gasteiger partial charge in [0.15, 0.2) is 0 Å². The van der Waals surface area contributed by atoms with Crippen LogP contribution < -0.4 is 5.32 Å². The summed E-state index contributed by atoms with van der Waals surface area (Å²) >= 11 is 5.89. The molecule has 0 saturated heterocycles. The maximum absolute atomic E-state index is 12.6. The van der Waals surface area contributed by atoms with Gasteiger partial charge in [-0.15, -0.1) is 0 Å². The molecule has 0 amide bonds. The van der Waals surface area contributed by atoms with E-state index in [1.807, 2.05) is 12.1 Å². The highest BCUT2D eigenvalue weighted by molar-refractivity contribution is 6.33. The highest BCUT2D eigenvalue weighted by Crippen LogP contribution is 2.33. The van der Waals surface area contributed by atoms with Crippen molar-refractivity contribution in [2.75, 3.05) is 11.9 Å². The molecule has 1 aromatic heterocycles. The first-order valence-corrected chi connectivity index (χ1v) is 6.34. The summed E-state index contributed by atoms with van der Waals surface area (Å²) in [7, 11) is 0. The molecule has 0 unspecified atom stereocenters. The molecule has 0 aliphatic rings. The molecule has 2 rings (SSSR count). The second kappa shape index (κ2) is 6.13. The molecule has 1 aromatic carbocycles. The second-order valence-electron chi connectivity index (χ2n) is 4.23. The number of hydrogen-bond acceptors (Lipinski definition) is 2. The van der Waals surface area contributed by atoms with Gasteiger partial charge in [-0.25, -0.2) is 0 Å². The van der Waals surface area contributed by atoms with Crippen LogP contribution in [0.1, 0.15) is 11.1 Å². The zero-order valence-electron chi connectivity index (χ0n) is 10.4. The summed E-state index contributed by atoms with van der Waals surface area (Å²) < 4.78 is 37.8.